The summed E-state index contributed by atoms with van der Waals surface area (Å²) in [4.78, 5) is 25.5. The number of aliphatic hydroxyl groups excluding tert-OH is 1. The lowest BCUT2D eigenvalue weighted by Crippen LogP contribution is -2.33. The van der Waals surface area contributed by atoms with Crippen molar-refractivity contribution in [3.05, 3.63) is 12.7 Å². The maximum Gasteiger partial charge on any atom is 0.224 e. The Morgan fingerprint density at radius 3 is 2.95 bits per heavy atom. The van der Waals surface area contributed by atoms with E-state index in [1.165, 1.54) is 11.2 Å². The van der Waals surface area contributed by atoms with Crippen molar-refractivity contribution in [3.63, 3.8) is 0 Å². The minimum Gasteiger partial charge on any atom is -0.392 e. The van der Waals surface area contributed by atoms with Crippen molar-refractivity contribution in [2.45, 2.75) is 26.0 Å². The average molecular weight is 278 g/mol. The number of likely N-dealkylation sites (N-methyl/N-ethyl adjacent to an activating group) is 1. The number of hydrogen-bond donors (Lipinski definition) is 2. The third-order valence-corrected chi connectivity index (χ3v) is 2.96. The average Bonchev–Trinajstić information content (AvgIpc) is 2.79. The summed E-state index contributed by atoms with van der Waals surface area (Å²) < 4.78 is 1.77. The number of aromatic nitrogens is 4. The van der Waals surface area contributed by atoms with Crippen LogP contribution in [0.2, 0.25) is 0 Å². The molecule has 0 unspecified atom stereocenters. The molecule has 8 nitrogen and oxygen atoms in total. The van der Waals surface area contributed by atoms with Crippen LogP contribution < -0.4 is 5.73 Å². The van der Waals surface area contributed by atoms with Crippen molar-refractivity contribution >= 4 is 22.9 Å². The molecule has 20 heavy (non-hydrogen) atoms. The number of fused-ring (bicyclic) bond motifs is 1. The molecule has 2 aromatic rings. The first kappa shape index (κ1) is 14.2. The summed E-state index contributed by atoms with van der Waals surface area (Å²) in [5.41, 5.74) is 6.85. The summed E-state index contributed by atoms with van der Waals surface area (Å²) in [6, 6.07) is 0. The molecule has 0 saturated carbocycles. The first-order valence-corrected chi connectivity index (χ1v) is 6.32. The summed E-state index contributed by atoms with van der Waals surface area (Å²) in [5.74, 6) is 0.279. The zero-order valence-electron chi connectivity index (χ0n) is 11.5. The van der Waals surface area contributed by atoms with Gasteiger partial charge in [0, 0.05) is 26.6 Å². The largest absolute Gasteiger partial charge is 0.392 e. The van der Waals surface area contributed by atoms with Crippen LogP contribution in [-0.4, -0.2) is 55.1 Å². The second-order valence-corrected chi connectivity index (χ2v) is 4.74. The summed E-state index contributed by atoms with van der Waals surface area (Å²) in [5, 5.41) is 9.26. The second kappa shape index (κ2) is 5.83. The Labute approximate surface area is 116 Å². The molecule has 2 aromatic heterocycles. The smallest absolute Gasteiger partial charge is 0.224 e. The number of hydrogen-bond acceptors (Lipinski definition) is 6. The van der Waals surface area contributed by atoms with E-state index < -0.39 is 6.10 Å². The molecule has 0 aromatic carbocycles. The lowest BCUT2D eigenvalue weighted by molar-refractivity contribution is -0.131. The van der Waals surface area contributed by atoms with Gasteiger partial charge < -0.3 is 20.3 Å². The normalized spacial score (nSPS) is 12.6. The number of carbonyl (C=O) groups excluding carboxylic acids is 1. The maximum atomic E-state index is 11.9. The van der Waals surface area contributed by atoms with Gasteiger partial charge in [-0.1, -0.05) is 0 Å². The van der Waals surface area contributed by atoms with E-state index in [1.807, 2.05) is 0 Å². The molecule has 2 rings (SSSR count). The zero-order valence-corrected chi connectivity index (χ0v) is 11.5. The van der Waals surface area contributed by atoms with Crippen molar-refractivity contribution in [2.24, 2.45) is 0 Å². The van der Waals surface area contributed by atoms with Crippen molar-refractivity contribution < 1.29 is 9.90 Å². The lowest BCUT2D eigenvalue weighted by Gasteiger charge is -2.18. The van der Waals surface area contributed by atoms with Crippen LogP contribution in [0.3, 0.4) is 0 Å². The highest BCUT2D eigenvalue weighted by Crippen LogP contribution is 2.14. The van der Waals surface area contributed by atoms with E-state index in [0.29, 0.717) is 36.5 Å². The highest BCUT2D eigenvalue weighted by molar-refractivity contribution is 5.81. The van der Waals surface area contributed by atoms with E-state index in [2.05, 4.69) is 15.0 Å². The van der Waals surface area contributed by atoms with E-state index in [1.54, 1.807) is 24.9 Å². The number of nitrogens with two attached hydrogens (primary N) is 1. The molecule has 1 amide bonds. The molecular formula is C12H18N6O2. The Hall–Kier alpha value is -2.22. The fourth-order valence-corrected chi connectivity index (χ4v) is 1.97. The monoisotopic (exact) mass is 278 g/mol. The first-order valence-electron chi connectivity index (χ1n) is 6.32. The van der Waals surface area contributed by atoms with Gasteiger partial charge in [-0.2, -0.15) is 0 Å². The van der Waals surface area contributed by atoms with Gasteiger partial charge in [0.25, 0.3) is 0 Å². The standard InChI is InChI=1S/C12H18N6O2/c1-8(19)5-17(2)9(20)3-4-18-7-16-10-11(13)14-6-15-12(10)18/h6-8,19H,3-5H2,1-2H3,(H2,13,14,15)/t8-/m1/s1. The van der Waals surface area contributed by atoms with Crippen molar-refractivity contribution in [1.29, 1.82) is 0 Å². The highest BCUT2D eigenvalue weighted by Gasteiger charge is 2.13. The molecule has 108 valence electrons. The molecule has 0 saturated heterocycles. The first-order chi connectivity index (χ1) is 9.49. The van der Waals surface area contributed by atoms with Gasteiger partial charge in [0.05, 0.1) is 12.4 Å². The predicted octanol–water partition coefficient (Wildman–Crippen LogP) is -0.362. The van der Waals surface area contributed by atoms with Crippen molar-refractivity contribution in [1.82, 2.24) is 24.4 Å². The van der Waals surface area contributed by atoms with Crippen LogP contribution >= 0.6 is 0 Å². The lowest BCUT2D eigenvalue weighted by atomic mass is 10.3. The Bertz CT molecular complexity index is 609. The van der Waals surface area contributed by atoms with Gasteiger partial charge in [0.1, 0.15) is 11.8 Å². The van der Waals surface area contributed by atoms with Crippen LogP contribution in [-0.2, 0) is 11.3 Å². The quantitative estimate of drug-likeness (QED) is 0.772. The minimum absolute atomic E-state index is 0.0465. The molecule has 0 aliphatic carbocycles. The van der Waals surface area contributed by atoms with Crippen molar-refractivity contribution in [2.75, 3.05) is 19.3 Å². The van der Waals surface area contributed by atoms with Gasteiger partial charge in [0.2, 0.25) is 5.91 Å². The fraction of sp³-hybridized carbons (Fsp3) is 0.500. The number of anilines is 1. The topological polar surface area (TPSA) is 110 Å². The molecule has 0 bridgehead atoms. The van der Waals surface area contributed by atoms with E-state index in [-0.39, 0.29) is 5.91 Å². The summed E-state index contributed by atoms with van der Waals surface area (Å²) in [7, 11) is 1.67. The number of amides is 1. The number of nitrogens with zero attached hydrogens (tertiary/aromatic N) is 5. The fourth-order valence-electron chi connectivity index (χ4n) is 1.97. The SMILES string of the molecule is C[C@@H](O)CN(C)C(=O)CCn1cnc2c(N)ncnc21. The third-order valence-electron chi connectivity index (χ3n) is 2.96. The molecule has 2 heterocycles. The minimum atomic E-state index is -0.537. The van der Waals surface area contributed by atoms with Gasteiger partial charge in [-0.25, -0.2) is 15.0 Å². The number of carbonyl (C=O) groups is 1. The molecule has 0 aliphatic heterocycles. The molecular weight excluding hydrogens is 260 g/mol. The highest BCUT2D eigenvalue weighted by atomic mass is 16.3. The van der Waals surface area contributed by atoms with Crippen LogP contribution in [0.4, 0.5) is 5.82 Å². The van der Waals surface area contributed by atoms with E-state index in [0.717, 1.165) is 0 Å². The molecule has 0 spiro atoms. The molecule has 0 radical (unpaired) electrons. The number of aliphatic hydroxyl groups is 1. The predicted molar refractivity (Wildman–Crippen MR) is 73.7 cm³/mol. The summed E-state index contributed by atoms with van der Waals surface area (Å²) >= 11 is 0. The number of aryl methyl sites for hydroxylation is 1. The number of rotatable bonds is 5. The Balaban J connectivity index is 2.03. The number of nitrogen functional groups attached to an aromatic ring is 1. The van der Waals surface area contributed by atoms with E-state index in [9.17, 15) is 9.90 Å². The third kappa shape index (κ3) is 3.02. The van der Waals surface area contributed by atoms with Gasteiger partial charge in [-0.3, -0.25) is 4.79 Å². The van der Waals surface area contributed by atoms with Gasteiger partial charge in [0.15, 0.2) is 11.5 Å². The number of imidazole rings is 1. The van der Waals surface area contributed by atoms with Crippen LogP contribution in [0.15, 0.2) is 12.7 Å². The van der Waals surface area contributed by atoms with Gasteiger partial charge in [-0.15, -0.1) is 0 Å². The second-order valence-electron chi connectivity index (χ2n) is 4.74. The molecule has 1 atom stereocenters. The van der Waals surface area contributed by atoms with Crippen LogP contribution in [0.1, 0.15) is 13.3 Å². The molecule has 0 aliphatic rings. The molecule has 8 heteroatoms. The summed E-state index contributed by atoms with van der Waals surface area (Å²) in [6.45, 7) is 2.42. The summed E-state index contributed by atoms with van der Waals surface area (Å²) in [6.07, 6.45) is 2.73. The van der Waals surface area contributed by atoms with Crippen LogP contribution in [0.25, 0.3) is 11.2 Å². The molecule has 3 N–H and O–H groups in total. The van der Waals surface area contributed by atoms with Gasteiger partial charge in [-0.05, 0) is 6.92 Å². The van der Waals surface area contributed by atoms with E-state index >= 15 is 0 Å². The molecule has 0 fully saturated rings. The Morgan fingerprint density at radius 1 is 1.50 bits per heavy atom. The Kier molecular flexibility index (Phi) is 4.14. The van der Waals surface area contributed by atoms with Crippen LogP contribution in [0, 0.1) is 0 Å². The van der Waals surface area contributed by atoms with Crippen molar-refractivity contribution in [3.8, 4) is 0 Å². The Morgan fingerprint density at radius 2 is 2.25 bits per heavy atom. The maximum absolute atomic E-state index is 11.9. The van der Waals surface area contributed by atoms with Crippen LogP contribution in [0.5, 0.6) is 0 Å². The van der Waals surface area contributed by atoms with Gasteiger partial charge >= 0.3 is 0 Å². The zero-order chi connectivity index (χ0) is 14.7. The van der Waals surface area contributed by atoms with E-state index in [4.69, 9.17) is 5.73 Å².